The van der Waals surface area contributed by atoms with E-state index >= 15 is 0 Å². The van der Waals surface area contributed by atoms with Gasteiger partial charge in [0, 0.05) is 0 Å². The zero-order chi connectivity index (χ0) is 19.0. The largest absolute Gasteiger partial charge is 0.494 e. The van der Waals surface area contributed by atoms with E-state index < -0.39 is 17.5 Å². The third-order valence-corrected chi connectivity index (χ3v) is 4.55. The number of fused-ring (bicyclic) bond motifs is 1. The van der Waals surface area contributed by atoms with Gasteiger partial charge in [0.05, 0.1) is 17.4 Å². The molecule has 4 aromatic rings. The van der Waals surface area contributed by atoms with Crippen molar-refractivity contribution in [2.24, 2.45) is 0 Å². The lowest BCUT2D eigenvalue weighted by Gasteiger charge is -1.98. The van der Waals surface area contributed by atoms with E-state index in [-0.39, 0.29) is 17.3 Å². The Balaban J connectivity index is 1.59. The molecule has 0 saturated carbocycles. The summed E-state index contributed by atoms with van der Waals surface area (Å²) in [5.41, 5.74) is 0.377. The van der Waals surface area contributed by atoms with Crippen LogP contribution in [0.15, 0.2) is 40.9 Å². The Kier molecular flexibility index (Phi) is 4.24. The minimum Gasteiger partial charge on any atom is -0.494 e. The molecule has 0 spiro atoms. The Morgan fingerprint density at radius 2 is 2.07 bits per heavy atom. The third kappa shape index (κ3) is 3.22. The molecule has 7 nitrogen and oxygen atoms in total. The fourth-order valence-electron chi connectivity index (χ4n) is 2.38. The number of benzene rings is 2. The highest BCUT2D eigenvalue weighted by Gasteiger charge is 2.20. The number of carbonyl (C=O) groups is 1. The topological polar surface area (TPSA) is 90.1 Å². The first-order valence-electron chi connectivity index (χ1n) is 7.59. The maximum atomic E-state index is 13.8. The monoisotopic (exact) mass is 388 g/mol. The lowest BCUT2D eigenvalue weighted by molar-refractivity contribution is 0.101. The SMILES string of the molecule is COc1cccc2sc(NC(=O)c3noc(-c4cc(F)ccc4F)n3)nc12. The number of aromatic nitrogens is 3. The normalized spacial score (nSPS) is 10.9. The third-order valence-electron chi connectivity index (χ3n) is 3.61. The second kappa shape index (κ2) is 6.72. The molecule has 0 fully saturated rings. The van der Waals surface area contributed by atoms with Crippen molar-refractivity contribution >= 4 is 32.6 Å². The molecule has 0 atom stereocenters. The fourth-order valence-corrected chi connectivity index (χ4v) is 3.26. The number of ether oxygens (including phenoxy) is 1. The summed E-state index contributed by atoms with van der Waals surface area (Å²) < 4.78 is 38.0. The number of hydrogen-bond donors (Lipinski definition) is 1. The number of anilines is 1. The predicted molar refractivity (Wildman–Crippen MR) is 93.8 cm³/mol. The summed E-state index contributed by atoms with van der Waals surface area (Å²) in [6, 6.07) is 8.21. The molecule has 4 rings (SSSR count). The fraction of sp³-hybridized carbons (Fsp3) is 0.0588. The van der Waals surface area contributed by atoms with Crippen molar-refractivity contribution < 1.29 is 22.8 Å². The molecule has 0 radical (unpaired) electrons. The Labute approximate surface area is 154 Å². The minimum atomic E-state index is -0.745. The molecule has 1 amide bonds. The molecule has 2 aromatic carbocycles. The first-order valence-corrected chi connectivity index (χ1v) is 8.41. The van der Waals surface area contributed by atoms with Crippen molar-refractivity contribution in [2.45, 2.75) is 0 Å². The van der Waals surface area contributed by atoms with Gasteiger partial charge in [0.2, 0.25) is 0 Å². The highest BCUT2D eigenvalue weighted by atomic mass is 32.1. The standard InChI is InChI=1S/C17H10F2N4O3S/c1-25-11-3-2-4-12-13(11)20-17(27-12)22-15(24)14-21-16(26-23-14)9-7-8(18)5-6-10(9)19/h2-7H,1H3,(H,20,22,24). The predicted octanol–water partition coefficient (Wildman–Crippen LogP) is 3.89. The average Bonchev–Trinajstić information content (AvgIpc) is 3.30. The van der Waals surface area contributed by atoms with Gasteiger partial charge in [-0.25, -0.2) is 13.8 Å². The summed E-state index contributed by atoms with van der Waals surface area (Å²) >= 11 is 1.24. The van der Waals surface area contributed by atoms with Crippen LogP contribution >= 0.6 is 11.3 Å². The molecular formula is C17H10F2N4O3S. The van der Waals surface area contributed by atoms with Crippen LogP contribution in [0.5, 0.6) is 5.75 Å². The van der Waals surface area contributed by atoms with Gasteiger partial charge in [-0.1, -0.05) is 22.6 Å². The molecule has 0 aliphatic heterocycles. The quantitative estimate of drug-likeness (QED) is 0.571. The van der Waals surface area contributed by atoms with Crippen LogP contribution in [0, 0.1) is 11.6 Å². The summed E-state index contributed by atoms with van der Waals surface area (Å²) in [4.78, 5) is 20.4. The van der Waals surface area contributed by atoms with Crippen LogP contribution in [0.25, 0.3) is 21.7 Å². The molecule has 0 unspecified atom stereocenters. The Hall–Kier alpha value is -3.40. The smallest absolute Gasteiger partial charge is 0.298 e. The summed E-state index contributed by atoms with van der Waals surface area (Å²) in [6.07, 6.45) is 0. The van der Waals surface area contributed by atoms with Crippen LogP contribution in [0.2, 0.25) is 0 Å². The number of amides is 1. The van der Waals surface area contributed by atoms with Gasteiger partial charge in [-0.2, -0.15) is 4.98 Å². The molecule has 0 bridgehead atoms. The van der Waals surface area contributed by atoms with E-state index in [0.717, 1.165) is 22.9 Å². The summed E-state index contributed by atoms with van der Waals surface area (Å²) in [5, 5.41) is 6.37. The second-order valence-corrected chi connectivity index (χ2v) is 6.36. The number of halogens is 2. The molecule has 136 valence electrons. The second-order valence-electron chi connectivity index (χ2n) is 5.33. The molecule has 1 N–H and O–H groups in total. The van der Waals surface area contributed by atoms with Crippen LogP contribution in [0.4, 0.5) is 13.9 Å². The van der Waals surface area contributed by atoms with Gasteiger partial charge in [-0.05, 0) is 30.3 Å². The Morgan fingerprint density at radius 1 is 1.22 bits per heavy atom. The molecule has 2 heterocycles. The van der Waals surface area contributed by atoms with Gasteiger partial charge in [0.1, 0.15) is 22.9 Å². The van der Waals surface area contributed by atoms with Crippen molar-refractivity contribution in [3.8, 4) is 17.2 Å². The van der Waals surface area contributed by atoms with E-state index in [2.05, 4.69) is 20.4 Å². The molecule has 10 heteroatoms. The highest BCUT2D eigenvalue weighted by molar-refractivity contribution is 7.22. The van der Waals surface area contributed by atoms with Gasteiger partial charge >= 0.3 is 0 Å². The van der Waals surface area contributed by atoms with Crippen molar-refractivity contribution in [1.82, 2.24) is 15.1 Å². The first kappa shape index (κ1) is 17.0. The summed E-state index contributed by atoms with van der Waals surface area (Å²) in [6.45, 7) is 0. The van der Waals surface area contributed by atoms with Gasteiger partial charge in [-0.3, -0.25) is 10.1 Å². The molecule has 0 aliphatic carbocycles. The molecule has 27 heavy (non-hydrogen) atoms. The Morgan fingerprint density at radius 3 is 2.89 bits per heavy atom. The summed E-state index contributed by atoms with van der Waals surface area (Å²) in [5.74, 6) is -2.17. The van der Waals surface area contributed by atoms with Crippen LogP contribution in [-0.4, -0.2) is 28.1 Å². The zero-order valence-electron chi connectivity index (χ0n) is 13.7. The summed E-state index contributed by atoms with van der Waals surface area (Å²) in [7, 11) is 1.53. The van der Waals surface area contributed by atoms with Crippen LogP contribution in [0.1, 0.15) is 10.6 Å². The number of methoxy groups -OCH3 is 1. The molecular weight excluding hydrogens is 378 g/mol. The van der Waals surface area contributed by atoms with Crippen LogP contribution in [-0.2, 0) is 0 Å². The van der Waals surface area contributed by atoms with E-state index in [0.29, 0.717) is 16.4 Å². The number of para-hydroxylation sites is 1. The number of nitrogens with one attached hydrogen (secondary N) is 1. The van der Waals surface area contributed by atoms with E-state index in [9.17, 15) is 13.6 Å². The van der Waals surface area contributed by atoms with Crippen molar-refractivity contribution in [3.63, 3.8) is 0 Å². The van der Waals surface area contributed by atoms with E-state index in [1.807, 2.05) is 12.1 Å². The highest BCUT2D eigenvalue weighted by Crippen LogP contribution is 2.32. The lowest BCUT2D eigenvalue weighted by atomic mass is 10.2. The minimum absolute atomic E-state index is 0.230. The maximum Gasteiger partial charge on any atom is 0.298 e. The molecule has 0 aliphatic rings. The number of rotatable bonds is 4. The van der Waals surface area contributed by atoms with Crippen molar-refractivity contribution in [1.29, 1.82) is 0 Å². The van der Waals surface area contributed by atoms with Crippen LogP contribution < -0.4 is 10.1 Å². The zero-order valence-corrected chi connectivity index (χ0v) is 14.5. The van der Waals surface area contributed by atoms with Crippen molar-refractivity contribution in [2.75, 3.05) is 12.4 Å². The molecule has 0 saturated heterocycles. The van der Waals surface area contributed by atoms with E-state index in [4.69, 9.17) is 9.26 Å². The van der Waals surface area contributed by atoms with Gasteiger partial charge in [0.15, 0.2) is 5.13 Å². The van der Waals surface area contributed by atoms with Crippen LogP contribution in [0.3, 0.4) is 0 Å². The first-order chi connectivity index (χ1) is 13.0. The van der Waals surface area contributed by atoms with Gasteiger partial charge in [0.25, 0.3) is 17.6 Å². The number of nitrogens with zero attached hydrogens (tertiary/aromatic N) is 3. The van der Waals surface area contributed by atoms with Gasteiger partial charge in [-0.15, -0.1) is 0 Å². The average molecular weight is 388 g/mol. The molecule has 2 aromatic heterocycles. The van der Waals surface area contributed by atoms with E-state index in [1.165, 1.54) is 18.4 Å². The van der Waals surface area contributed by atoms with Crippen molar-refractivity contribution in [3.05, 3.63) is 53.9 Å². The maximum absolute atomic E-state index is 13.8. The lowest BCUT2D eigenvalue weighted by Crippen LogP contribution is -2.13. The number of carbonyl (C=O) groups excluding carboxylic acids is 1. The number of hydrogen-bond acceptors (Lipinski definition) is 7. The Bertz CT molecular complexity index is 1160. The van der Waals surface area contributed by atoms with Gasteiger partial charge < -0.3 is 9.26 Å². The number of thiazole rings is 1. The van der Waals surface area contributed by atoms with E-state index in [1.54, 1.807) is 6.07 Å².